The van der Waals surface area contributed by atoms with Crippen LogP contribution in [-0.2, 0) is 0 Å². The highest BCUT2D eigenvalue weighted by atomic mass is 14.7. The fourth-order valence-electron chi connectivity index (χ4n) is 3.67. The lowest BCUT2D eigenvalue weighted by Gasteiger charge is -2.30. The van der Waals surface area contributed by atoms with Crippen LogP contribution in [0.5, 0.6) is 0 Å². The monoisotopic (exact) mass is 136 g/mol. The van der Waals surface area contributed by atoms with Crippen molar-refractivity contribution in [3.63, 3.8) is 0 Å². The van der Waals surface area contributed by atoms with Crippen molar-refractivity contribution in [2.45, 2.75) is 51.4 Å². The van der Waals surface area contributed by atoms with Gasteiger partial charge in [0.05, 0.1) is 0 Å². The van der Waals surface area contributed by atoms with Crippen LogP contribution in [0.25, 0.3) is 0 Å². The van der Waals surface area contributed by atoms with Gasteiger partial charge < -0.3 is 0 Å². The zero-order chi connectivity index (χ0) is 6.66. The summed E-state index contributed by atoms with van der Waals surface area (Å²) >= 11 is 0. The maximum absolute atomic E-state index is 1.62. The molecule has 0 N–H and O–H groups in total. The standard InChI is InChI=1S/C10H16/c1-2-5-9(4-1)8-10(9)6-3-7-10/h1-8H2. The quantitative estimate of drug-likeness (QED) is 0.480. The van der Waals surface area contributed by atoms with Gasteiger partial charge in [0.2, 0.25) is 0 Å². The Hall–Kier alpha value is 0. The summed E-state index contributed by atoms with van der Waals surface area (Å²) in [4.78, 5) is 0. The predicted molar refractivity (Wildman–Crippen MR) is 41.8 cm³/mol. The van der Waals surface area contributed by atoms with Crippen molar-refractivity contribution in [3.05, 3.63) is 0 Å². The van der Waals surface area contributed by atoms with E-state index in [4.69, 9.17) is 0 Å². The smallest absolute Gasteiger partial charge is 0.0235 e. The minimum Gasteiger partial charge on any atom is -0.0527 e. The zero-order valence-electron chi connectivity index (χ0n) is 6.66. The second-order valence-electron chi connectivity index (χ2n) is 4.80. The van der Waals surface area contributed by atoms with Crippen LogP contribution in [0, 0.1) is 10.8 Å². The molecule has 3 aliphatic rings. The van der Waals surface area contributed by atoms with Crippen LogP contribution in [0.3, 0.4) is 0 Å². The normalized spacial score (nSPS) is 38.4. The number of fused-ring (bicyclic) bond motifs is 1. The van der Waals surface area contributed by atoms with Crippen molar-refractivity contribution in [1.29, 1.82) is 0 Å². The fourth-order valence-corrected chi connectivity index (χ4v) is 3.67. The van der Waals surface area contributed by atoms with Gasteiger partial charge in [0, 0.05) is 0 Å². The lowest BCUT2D eigenvalue weighted by atomic mass is 9.74. The van der Waals surface area contributed by atoms with E-state index in [1.807, 2.05) is 0 Å². The molecule has 0 amide bonds. The molecule has 0 saturated heterocycles. The maximum Gasteiger partial charge on any atom is -0.0235 e. The summed E-state index contributed by atoms with van der Waals surface area (Å²) < 4.78 is 0. The third kappa shape index (κ3) is 0.436. The first-order chi connectivity index (χ1) is 4.87. The Kier molecular flexibility index (Phi) is 0.810. The maximum atomic E-state index is 1.62. The molecule has 0 heteroatoms. The van der Waals surface area contributed by atoms with E-state index < -0.39 is 0 Å². The number of hydrogen-bond donors (Lipinski definition) is 0. The largest absolute Gasteiger partial charge is 0.0527 e. The molecule has 0 bridgehead atoms. The van der Waals surface area contributed by atoms with Gasteiger partial charge in [-0.05, 0) is 42.9 Å². The Morgan fingerprint density at radius 1 is 0.600 bits per heavy atom. The molecule has 3 fully saturated rings. The van der Waals surface area contributed by atoms with E-state index in [9.17, 15) is 0 Å². The van der Waals surface area contributed by atoms with Gasteiger partial charge in [0.25, 0.3) is 0 Å². The summed E-state index contributed by atoms with van der Waals surface area (Å²) in [5.74, 6) is 0. The Balaban J connectivity index is 1.84. The van der Waals surface area contributed by atoms with E-state index in [-0.39, 0.29) is 0 Å². The van der Waals surface area contributed by atoms with Crippen LogP contribution in [0.1, 0.15) is 51.4 Å². The van der Waals surface area contributed by atoms with Crippen LogP contribution >= 0.6 is 0 Å². The second-order valence-corrected chi connectivity index (χ2v) is 4.80. The third-order valence-electron chi connectivity index (χ3n) is 4.55. The average molecular weight is 136 g/mol. The minimum absolute atomic E-state index is 0.936. The molecule has 0 unspecified atom stereocenters. The molecule has 0 aromatic carbocycles. The molecule has 0 radical (unpaired) electrons. The second kappa shape index (κ2) is 1.44. The van der Waals surface area contributed by atoms with Crippen LogP contribution in [0.15, 0.2) is 0 Å². The summed E-state index contributed by atoms with van der Waals surface area (Å²) in [5, 5.41) is 0. The van der Waals surface area contributed by atoms with E-state index in [2.05, 4.69) is 0 Å². The van der Waals surface area contributed by atoms with E-state index in [1.165, 1.54) is 0 Å². The molecular weight excluding hydrogens is 120 g/mol. The molecule has 56 valence electrons. The highest BCUT2D eigenvalue weighted by Crippen LogP contribution is 2.79. The molecule has 0 aromatic heterocycles. The van der Waals surface area contributed by atoms with E-state index in [0.717, 1.165) is 10.8 Å². The minimum atomic E-state index is 0.936. The highest BCUT2D eigenvalue weighted by molar-refractivity contribution is 5.18. The third-order valence-corrected chi connectivity index (χ3v) is 4.55. The summed E-state index contributed by atoms with van der Waals surface area (Å²) in [6.07, 6.45) is 12.6. The first-order valence-corrected chi connectivity index (χ1v) is 4.87. The molecule has 0 aliphatic heterocycles. The SMILES string of the molecule is C1CCC2(C1)CC21CCC1. The molecular formula is C10H16. The first-order valence-electron chi connectivity index (χ1n) is 4.87. The van der Waals surface area contributed by atoms with Crippen molar-refractivity contribution in [2.24, 2.45) is 10.8 Å². The van der Waals surface area contributed by atoms with Gasteiger partial charge in [-0.15, -0.1) is 0 Å². The molecule has 0 nitrogen and oxygen atoms in total. The van der Waals surface area contributed by atoms with E-state index >= 15 is 0 Å². The summed E-state index contributed by atoms with van der Waals surface area (Å²) in [6.45, 7) is 0. The lowest BCUT2D eigenvalue weighted by molar-refractivity contribution is 0.203. The van der Waals surface area contributed by atoms with Crippen LogP contribution < -0.4 is 0 Å². The molecule has 3 aliphatic carbocycles. The van der Waals surface area contributed by atoms with E-state index in [0.29, 0.717) is 0 Å². The zero-order valence-corrected chi connectivity index (χ0v) is 6.66. The van der Waals surface area contributed by atoms with Crippen molar-refractivity contribution >= 4 is 0 Å². The summed E-state index contributed by atoms with van der Waals surface area (Å²) in [6, 6.07) is 0. The number of hydrogen-bond acceptors (Lipinski definition) is 0. The Morgan fingerprint density at radius 3 is 1.40 bits per heavy atom. The Morgan fingerprint density at radius 2 is 1.10 bits per heavy atom. The molecule has 0 atom stereocenters. The van der Waals surface area contributed by atoms with Crippen molar-refractivity contribution in [2.75, 3.05) is 0 Å². The molecule has 2 spiro atoms. The predicted octanol–water partition coefficient (Wildman–Crippen LogP) is 3.12. The first kappa shape index (κ1) is 5.62. The molecule has 0 aromatic rings. The molecule has 3 rings (SSSR count). The molecule has 0 heterocycles. The molecule has 10 heavy (non-hydrogen) atoms. The van der Waals surface area contributed by atoms with Crippen molar-refractivity contribution < 1.29 is 0 Å². The van der Waals surface area contributed by atoms with Gasteiger partial charge in [0.15, 0.2) is 0 Å². The van der Waals surface area contributed by atoms with Gasteiger partial charge in [-0.3, -0.25) is 0 Å². The summed E-state index contributed by atoms with van der Waals surface area (Å²) in [5.41, 5.74) is 1.88. The van der Waals surface area contributed by atoms with Crippen LogP contribution in [0.2, 0.25) is 0 Å². The Labute approximate surface area is 63.0 Å². The van der Waals surface area contributed by atoms with Gasteiger partial charge in [-0.25, -0.2) is 0 Å². The van der Waals surface area contributed by atoms with Crippen LogP contribution in [0.4, 0.5) is 0 Å². The Bertz CT molecular complexity index is 159. The van der Waals surface area contributed by atoms with Gasteiger partial charge >= 0.3 is 0 Å². The van der Waals surface area contributed by atoms with Crippen LogP contribution in [-0.4, -0.2) is 0 Å². The summed E-state index contributed by atoms with van der Waals surface area (Å²) in [7, 11) is 0. The van der Waals surface area contributed by atoms with Crippen molar-refractivity contribution in [3.8, 4) is 0 Å². The van der Waals surface area contributed by atoms with Gasteiger partial charge in [-0.2, -0.15) is 0 Å². The van der Waals surface area contributed by atoms with Gasteiger partial charge in [-0.1, -0.05) is 19.3 Å². The molecule has 3 saturated carbocycles. The average Bonchev–Trinajstić information content (AvgIpc) is 2.23. The lowest BCUT2D eigenvalue weighted by Crippen LogP contribution is -2.19. The fraction of sp³-hybridized carbons (Fsp3) is 1.00. The van der Waals surface area contributed by atoms with E-state index in [1.54, 1.807) is 51.4 Å². The highest BCUT2D eigenvalue weighted by Gasteiger charge is 2.68. The van der Waals surface area contributed by atoms with Crippen molar-refractivity contribution in [1.82, 2.24) is 0 Å². The topological polar surface area (TPSA) is 0 Å². The number of rotatable bonds is 0. The van der Waals surface area contributed by atoms with Gasteiger partial charge in [0.1, 0.15) is 0 Å².